The lowest BCUT2D eigenvalue weighted by Crippen LogP contribution is -2.42. The monoisotopic (exact) mass is 300 g/mol. The quantitative estimate of drug-likeness (QED) is 0.843. The maximum absolute atomic E-state index is 12.2. The van der Waals surface area contributed by atoms with Gasteiger partial charge in [0.2, 0.25) is 0 Å². The molecule has 0 amide bonds. The van der Waals surface area contributed by atoms with E-state index < -0.39 is 12.7 Å². The van der Waals surface area contributed by atoms with Gasteiger partial charge in [-0.1, -0.05) is 12.1 Å². The first-order chi connectivity index (χ1) is 10.0. The molecule has 1 unspecified atom stereocenters. The second-order valence-corrected chi connectivity index (χ2v) is 5.45. The van der Waals surface area contributed by atoms with E-state index in [4.69, 9.17) is 0 Å². The molecule has 1 saturated heterocycles. The van der Waals surface area contributed by atoms with Crippen LogP contribution in [0.2, 0.25) is 0 Å². The van der Waals surface area contributed by atoms with Gasteiger partial charge in [-0.15, -0.1) is 0 Å². The predicted molar refractivity (Wildman–Crippen MR) is 76.6 cm³/mol. The molecular weight excluding hydrogens is 278 g/mol. The lowest BCUT2D eigenvalue weighted by molar-refractivity contribution is -0.0499. The van der Waals surface area contributed by atoms with Crippen molar-refractivity contribution in [2.24, 2.45) is 0 Å². The van der Waals surface area contributed by atoms with Gasteiger partial charge < -0.3 is 20.1 Å². The van der Waals surface area contributed by atoms with Crippen LogP contribution in [0.25, 0.3) is 0 Å². The number of hydrogen-bond donors (Lipinski definition) is 2. The van der Waals surface area contributed by atoms with Gasteiger partial charge in [0, 0.05) is 12.6 Å². The van der Waals surface area contributed by atoms with Crippen LogP contribution in [-0.2, 0) is 0 Å². The summed E-state index contributed by atoms with van der Waals surface area (Å²) in [5.74, 6) is 0.0702. The van der Waals surface area contributed by atoms with E-state index in [9.17, 15) is 13.9 Å². The molecule has 1 atom stereocenters. The summed E-state index contributed by atoms with van der Waals surface area (Å²) in [6.45, 7) is -0.349. The van der Waals surface area contributed by atoms with Crippen LogP contribution in [0.15, 0.2) is 24.3 Å². The van der Waals surface area contributed by atoms with Crippen molar-refractivity contribution in [3.05, 3.63) is 29.8 Å². The number of ether oxygens (including phenoxy) is 1. The van der Waals surface area contributed by atoms with Crippen LogP contribution in [0.1, 0.15) is 24.5 Å². The molecule has 0 saturated carbocycles. The first-order valence-electron chi connectivity index (χ1n) is 7.19. The second-order valence-electron chi connectivity index (χ2n) is 5.45. The number of hydrogen-bond acceptors (Lipinski definition) is 4. The third-order valence-electron chi connectivity index (χ3n) is 3.79. The predicted octanol–water partition coefficient (Wildman–Crippen LogP) is 2.01. The molecule has 0 spiro atoms. The summed E-state index contributed by atoms with van der Waals surface area (Å²) in [5.41, 5.74) is 0.577. The Morgan fingerprint density at radius 2 is 2.10 bits per heavy atom. The van der Waals surface area contributed by atoms with Gasteiger partial charge in [0.1, 0.15) is 5.75 Å². The molecular formula is C15H22F2N2O2. The van der Waals surface area contributed by atoms with E-state index in [0.29, 0.717) is 18.2 Å². The second kappa shape index (κ2) is 7.68. The van der Waals surface area contributed by atoms with Gasteiger partial charge in [-0.2, -0.15) is 8.78 Å². The number of rotatable bonds is 6. The number of benzene rings is 1. The number of nitrogens with zero attached hydrogens (tertiary/aromatic N) is 1. The number of aliphatic hydroxyl groups excluding tert-OH is 1. The van der Waals surface area contributed by atoms with Gasteiger partial charge >= 0.3 is 6.61 Å². The Labute approximate surface area is 123 Å². The van der Waals surface area contributed by atoms with Gasteiger partial charge in [0.15, 0.2) is 0 Å². The maximum atomic E-state index is 12.2. The molecule has 1 aliphatic heterocycles. The molecule has 4 nitrogen and oxygen atoms in total. The Morgan fingerprint density at radius 3 is 2.76 bits per heavy atom. The molecule has 2 N–H and O–H groups in total. The molecule has 2 rings (SSSR count). The molecule has 21 heavy (non-hydrogen) atoms. The van der Waals surface area contributed by atoms with Crippen molar-refractivity contribution in [3.8, 4) is 5.75 Å². The Bertz CT molecular complexity index is 437. The molecule has 0 aromatic heterocycles. The third-order valence-corrected chi connectivity index (χ3v) is 3.79. The fraction of sp³-hybridized carbons (Fsp3) is 0.600. The normalized spacial score (nSPS) is 18.9. The molecule has 0 aliphatic carbocycles. The highest BCUT2D eigenvalue weighted by Gasteiger charge is 2.18. The van der Waals surface area contributed by atoms with Gasteiger partial charge in [0.05, 0.1) is 6.10 Å². The van der Waals surface area contributed by atoms with E-state index in [0.717, 1.165) is 25.9 Å². The summed E-state index contributed by atoms with van der Waals surface area (Å²) in [4.78, 5) is 2.28. The zero-order valence-electron chi connectivity index (χ0n) is 12.1. The van der Waals surface area contributed by atoms with E-state index in [1.807, 2.05) is 0 Å². The fourth-order valence-electron chi connectivity index (χ4n) is 2.51. The van der Waals surface area contributed by atoms with E-state index >= 15 is 0 Å². The molecule has 0 bridgehead atoms. The van der Waals surface area contributed by atoms with E-state index in [2.05, 4.69) is 22.0 Å². The van der Waals surface area contributed by atoms with Crippen LogP contribution >= 0.6 is 0 Å². The summed E-state index contributed by atoms with van der Waals surface area (Å²) >= 11 is 0. The van der Waals surface area contributed by atoms with Gasteiger partial charge in [0.25, 0.3) is 0 Å². The van der Waals surface area contributed by atoms with Crippen molar-refractivity contribution >= 4 is 0 Å². The van der Waals surface area contributed by atoms with Crippen molar-refractivity contribution < 1.29 is 18.6 Å². The first kappa shape index (κ1) is 16.1. The number of halogens is 2. The first-order valence-corrected chi connectivity index (χ1v) is 7.19. The van der Waals surface area contributed by atoms with Crippen LogP contribution in [0.5, 0.6) is 5.75 Å². The maximum Gasteiger partial charge on any atom is 0.387 e. The third kappa shape index (κ3) is 5.22. The summed E-state index contributed by atoms with van der Waals surface area (Å²) in [6.07, 6.45) is 1.38. The minimum Gasteiger partial charge on any atom is -0.435 e. The Kier molecular flexibility index (Phi) is 5.90. The lowest BCUT2D eigenvalue weighted by atomic mass is 10.0. The molecule has 1 aliphatic rings. The average Bonchev–Trinajstić information content (AvgIpc) is 2.46. The average molecular weight is 300 g/mol. The molecule has 1 aromatic rings. The number of nitrogens with one attached hydrogen (secondary N) is 1. The largest absolute Gasteiger partial charge is 0.435 e. The zero-order valence-corrected chi connectivity index (χ0v) is 12.1. The Hall–Kier alpha value is -1.24. The summed E-state index contributed by atoms with van der Waals surface area (Å²) in [5, 5.41) is 13.5. The number of alkyl halides is 2. The Balaban J connectivity index is 1.83. The highest BCUT2D eigenvalue weighted by molar-refractivity contribution is 5.30. The van der Waals surface area contributed by atoms with Crippen LogP contribution in [0.4, 0.5) is 8.78 Å². The van der Waals surface area contributed by atoms with E-state index in [1.54, 1.807) is 12.1 Å². The molecule has 0 radical (unpaired) electrons. The molecule has 1 aromatic carbocycles. The van der Waals surface area contributed by atoms with Gasteiger partial charge in [-0.05, 0) is 50.7 Å². The van der Waals surface area contributed by atoms with Crippen molar-refractivity contribution in [2.45, 2.75) is 31.6 Å². The van der Waals surface area contributed by atoms with Crippen molar-refractivity contribution in [1.82, 2.24) is 10.2 Å². The van der Waals surface area contributed by atoms with Crippen LogP contribution < -0.4 is 10.1 Å². The van der Waals surface area contributed by atoms with Gasteiger partial charge in [-0.25, -0.2) is 0 Å². The SMILES string of the molecule is CN1CCC(NCC(O)c2cccc(OC(F)F)c2)CC1. The van der Waals surface area contributed by atoms with E-state index in [-0.39, 0.29) is 5.75 Å². The standard InChI is InChI=1S/C15H22F2N2O2/c1-19-7-5-12(6-8-19)18-10-14(20)11-3-2-4-13(9-11)21-15(16)17/h2-4,9,12,14-15,18,20H,5-8,10H2,1H3. The fourth-order valence-corrected chi connectivity index (χ4v) is 2.51. The van der Waals surface area contributed by atoms with Gasteiger partial charge in [-0.3, -0.25) is 0 Å². The highest BCUT2D eigenvalue weighted by atomic mass is 19.3. The summed E-state index contributed by atoms with van der Waals surface area (Å²) < 4.78 is 28.7. The highest BCUT2D eigenvalue weighted by Crippen LogP contribution is 2.21. The minimum absolute atomic E-state index is 0.0702. The number of piperidine rings is 1. The van der Waals surface area contributed by atoms with Crippen molar-refractivity contribution in [1.29, 1.82) is 0 Å². The Morgan fingerprint density at radius 1 is 1.38 bits per heavy atom. The molecule has 118 valence electrons. The van der Waals surface area contributed by atoms with E-state index in [1.165, 1.54) is 12.1 Å². The lowest BCUT2D eigenvalue weighted by Gasteiger charge is -2.30. The molecule has 1 heterocycles. The molecule has 6 heteroatoms. The van der Waals surface area contributed by atoms with Crippen molar-refractivity contribution in [2.75, 3.05) is 26.7 Å². The van der Waals surface area contributed by atoms with Crippen LogP contribution in [0, 0.1) is 0 Å². The zero-order chi connectivity index (χ0) is 15.2. The summed E-state index contributed by atoms with van der Waals surface area (Å²) in [6, 6.07) is 6.61. The number of aliphatic hydroxyl groups is 1. The topological polar surface area (TPSA) is 44.7 Å². The van der Waals surface area contributed by atoms with Crippen LogP contribution in [-0.4, -0.2) is 49.3 Å². The molecule has 1 fully saturated rings. The summed E-state index contributed by atoms with van der Waals surface area (Å²) in [7, 11) is 2.10. The smallest absolute Gasteiger partial charge is 0.387 e. The number of likely N-dealkylation sites (tertiary alicyclic amines) is 1. The van der Waals surface area contributed by atoms with Crippen LogP contribution in [0.3, 0.4) is 0 Å². The van der Waals surface area contributed by atoms with Crippen molar-refractivity contribution in [3.63, 3.8) is 0 Å². The minimum atomic E-state index is -2.85.